The van der Waals surface area contributed by atoms with Crippen molar-refractivity contribution in [3.8, 4) is 5.75 Å². The van der Waals surface area contributed by atoms with Gasteiger partial charge in [0.2, 0.25) is 0 Å². The van der Waals surface area contributed by atoms with Crippen molar-refractivity contribution >= 4 is 0 Å². The number of nitrogens with zero attached hydrogens (tertiary/aromatic N) is 1. The van der Waals surface area contributed by atoms with Gasteiger partial charge < -0.3 is 15.2 Å². The molecule has 0 aliphatic carbocycles. The SMILES string of the molecule is COc1cccnc1C(C)(CN)OC. The van der Waals surface area contributed by atoms with Crippen molar-refractivity contribution in [3.05, 3.63) is 24.0 Å². The van der Waals surface area contributed by atoms with Crippen LogP contribution >= 0.6 is 0 Å². The van der Waals surface area contributed by atoms with Crippen molar-refractivity contribution in [3.63, 3.8) is 0 Å². The molecule has 14 heavy (non-hydrogen) atoms. The number of hydrogen-bond acceptors (Lipinski definition) is 4. The van der Waals surface area contributed by atoms with Crippen molar-refractivity contribution in [1.29, 1.82) is 0 Å². The van der Waals surface area contributed by atoms with E-state index in [0.29, 0.717) is 12.3 Å². The van der Waals surface area contributed by atoms with Gasteiger partial charge in [-0.25, -0.2) is 0 Å². The molecule has 1 aromatic rings. The fraction of sp³-hybridized carbons (Fsp3) is 0.500. The predicted molar refractivity (Wildman–Crippen MR) is 54.2 cm³/mol. The van der Waals surface area contributed by atoms with E-state index < -0.39 is 5.60 Å². The molecule has 0 aromatic carbocycles. The van der Waals surface area contributed by atoms with Gasteiger partial charge in [0.15, 0.2) is 0 Å². The minimum atomic E-state index is -0.591. The number of aromatic nitrogens is 1. The highest BCUT2D eigenvalue weighted by Crippen LogP contribution is 2.29. The highest BCUT2D eigenvalue weighted by molar-refractivity contribution is 5.31. The third-order valence-corrected chi connectivity index (χ3v) is 2.33. The molecule has 1 atom stereocenters. The Morgan fingerprint density at radius 3 is 2.71 bits per heavy atom. The molecular formula is C10H16N2O2. The summed E-state index contributed by atoms with van der Waals surface area (Å²) < 4.78 is 10.5. The van der Waals surface area contributed by atoms with Gasteiger partial charge in [-0.1, -0.05) is 0 Å². The van der Waals surface area contributed by atoms with E-state index in [1.165, 1.54) is 0 Å². The number of pyridine rings is 1. The van der Waals surface area contributed by atoms with Crippen LogP contribution in [0.5, 0.6) is 5.75 Å². The Labute approximate surface area is 84.0 Å². The van der Waals surface area contributed by atoms with Gasteiger partial charge in [0.1, 0.15) is 17.0 Å². The standard InChI is InChI=1S/C10H16N2O2/c1-10(7-11,14-3)9-8(13-2)5-4-6-12-9/h4-6H,7,11H2,1-3H3. The molecule has 0 aliphatic heterocycles. The molecule has 1 heterocycles. The monoisotopic (exact) mass is 196 g/mol. The van der Waals surface area contributed by atoms with E-state index in [0.717, 1.165) is 5.69 Å². The van der Waals surface area contributed by atoms with Crippen molar-refractivity contribution < 1.29 is 9.47 Å². The first kappa shape index (κ1) is 10.9. The van der Waals surface area contributed by atoms with Gasteiger partial charge >= 0.3 is 0 Å². The molecule has 0 saturated heterocycles. The van der Waals surface area contributed by atoms with Gasteiger partial charge in [-0.15, -0.1) is 0 Å². The summed E-state index contributed by atoms with van der Waals surface area (Å²) in [4.78, 5) is 4.23. The highest BCUT2D eigenvalue weighted by atomic mass is 16.5. The third kappa shape index (κ3) is 1.86. The summed E-state index contributed by atoms with van der Waals surface area (Å²) in [5, 5.41) is 0. The summed E-state index contributed by atoms with van der Waals surface area (Å²) >= 11 is 0. The van der Waals surface area contributed by atoms with Crippen LogP contribution in [-0.2, 0) is 10.3 Å². The maximum absolute atomic E-state index is 5.65. The van der Waals surface area contributed by atoms with Crippen LogP contribution in [0.1, 0.15) is 12.6 Å². The third-order valence-electron chi connectivity index (χ3n) is 2.33. The van der Waals surface area contributed by atoms with Crippen LogP contribution in [0.25, 0.3) is 0 Å². The topological polar surface area (TPSA) is 57.4 Å². The number of ether oxygens (including phenoxy) is 2. The summed E-state index contributed by atoms with van der Waals surface area (Å²) in [7, 11) is 3.22. The molecule has 0 fully saturated rings. The Bertz CT molecular complexity index is 298. The Balaban J connectivity index is 3.15. The molecule has 0 amide bonds. The molecule has 4 nitrogen and oxygen atoms in total. The number of rotatable bonds is 4. The largest absolute Gasteiger partial charge is 0.495 e. The summed E-state index contributed by atoms with van der Waals surface area (Å²) in [5.41, 5.74) is 5.79. The molecular weight excluding hydrogens is 180 g/mol. The van der Waals surface area contributed by atoms with E-state index in [9.17, 15) is 0 Å². The fourth-order valence-electron chi connectivity index (χ4n) is 1.23. The molecule has 4 heteroatoms. The lowest BCUT2D eigenvalue weighted by molar-refractivity contribution is 0.00441. The maximum Gasteiger partial charge on any atom is 0.143 e. The molecule has 0 bridgehead atoms. The average Bonchev–Trinajstić information content (AvgIpc) is 2.28. The van der Waals surface area contributed by atoms with Crippen molar-refractivity contribution in [2.75, 3.05) is 20.8 Å². The lowest BCUT2D eigenvalue weighted by Crippen LogP contribution is -2.35. The summed E-state index contributed by atoms with van der Waals surface area (Å²) in [6.07, 6.45) is 1.70. The molecule has 78 valence electrons. The van der Waals surface area contributed by atoms with Crippen molar-refractivity contribution in [2.45, 2.75) is 12.5 Å². The smallest absolute Gasteiger partial charge is 0.143 e. The minimum Gasteiger partial charge on any atom is -0.495 e. The molecule has 0 radical (unpaired) electrons. The molecule has 2 N–H and O–H groups in total. The molecule has 0 saturated carbocycles. The van der Waals surface area contributed by atoms with Gasteiger partial charge in [-0.2, -0.15) is 0 Å². The molecule has 1 unspecified atom stereocenters. The second-order valence-corrected chi connectivity index (χ2v) is 3.19. The van der Waals surface area contributed by atoms with E-state index in [1.807, 2.05) is 19.1 Å². The quantitative estimate of drug-likeness (QED) is 0.777. The molecule has 0 aliphatic rings. The van der Waals surface area contributed by atoms with E-state index in [-0.39, 0.29) is 0 Å². The first-order valence-corrected chi connectivity index (χ1v) is 4.42. The molecule has 1 aromatic heterocycles. The molecule has 0 spiro atoms. The lowest BCUT2D eigenvalue weighted by atomic mass is 10.0. The first-order valence-electron chi connectivity index (χ1n) is 4.42. The van der Waals surface area contributed by atoms with E-state index in [1.54, 1.807) is 20.4 Å². The van der Waals surface area contributed by atoms with Crippen LogP contribution in [0.3, 0.4) is 0 Å². The Morgan fingerprint density at radius 2 is 2.21 bits per heavy atom. The van der Waals surface area contributed by atoms with Gasteiger partial charge in [0, 0.05) is 19.9 Å². The second-order valence-electron chi connectivity index (χ2n) is 3.19. The zero-order valence-electron chi connectivity index (χ0n) is 8.78. The minimum absolute atomic E-state index is 0.358. The number of nitrogens with two attached hydrogens (primary N) is 1. The van der Waals surface area contributed by atoms with Crippen molar-refractivity contribution in [1.82, 2.24) is 4.98 Å². The maximum atomic E-state index is 5.65. The number of hydrogen-bond donors (Lipinski definition) is 1. The summed E-state index contributed by atoms with van der Waals surface area (Å²) in [6.45, 7) is 2.24. The first-order chi connectivity index (χ1) is 6.68. The van der Waals surface area contributed by atoms with Gasteiger partial charge in [-0.3, -0.25) is 4.98 Å². The van der Waals surface area contributed by atoms with Crippen LogP contribution in [-0.4, -0.2) is 25.7 Å². The highest BCUT2D eigenvalue weighted by Gasteiger charge is 2.29. The predicted octanol–water partition coefficient (Wildman–Crippen LogP) is 0.910. The van der Waals surface area contributed by atoms with E-state index in [2.05, 4.69) is 4.98 Å². The fourth-order valence-corrected chi connectivity index (χ4v) is 1.23. The van der Waals surface area contributed by atoms with Gasteiger partial charge in [-0.05, 0) is 19.1 Å². The lowest BCUT2D eigenvalue weighted by Gasteiger charge is -2.26. The van der Waals surface area contributed by atoms with Crippen LogP contribution in [0.15, 0.2) is 18.3 Å². The van der Waals surface area contributed by atoms with Crippen molar-refractivity contribution in [2.24, 2.45) is 5.73 Å². The zero-order chi connectivity index (χ0) is 10.6. The van der Waals surface area contributed by atoms with Crippen LogP contribution < -0.4 is 10.5 Å². The Kier molecular flexibility index (Phi) is 3.43. The normalized spacial score (nSPS) is 14.9. The molecule has 1 rings (SSSR count). The zero-order valence-corrected chi connectivity index (χ0v) is 8.78. The van der Waals surface area contributed by atoms with Gasteiger partial charge in [0.25, 0.3) is 0 Å². The van der Waals surface area contributed by atoms with E-state index in [4.69, 9.17) is 15.2 Å². The van der Waals surface area contributed by atoms with Crippen LogP contribution in [0.2, 0.25) is 0 Å². The van der Waals surface area contributed by atoms with E-state index >= 15 is 0 Å². The second kappa shape index (κ2) is 4.39. The van der Waals surface area contributed by atoms with Gasteiger partial charge in [0.05, 0.1) is 7.11 Å². The summed E-state index contributed by atoms with van der Waals surface area (Å²) in [6, 6.07) is 3.66. The summed E-state index contributed by atoms with van der Waals surface area (Å²) in [5.74, 6) is 0.697. The van der Waals surface area contributed by atoms with Crippen LogP contribution in [0.4, 0.5) is 0 Å². The Hall–Kier alpha value is -1.13. The number of methoxy groups -OCH3 is 2. The Morgan fingerprint density at radius 1 is 1.50 bits per heavy atom. The average molecular weight is 196 g/mol. The van der Waals surface area contributed by atoms with Crippen LogP contribution in [0, 0.1) is 0 Å².